The molecule has 0 bridgehead atoms. The molecule has 0 saturated heterocycles. The summed E-state index contributed by atoms with van der Waals surface area (Å²) in [5.41, 5.74) is 10.9. The van der Waals surface area contributed by atoms with Crippen LogP contribution in [0.3, 0.4) is 0 Å². The van der Waals surface area contributed by atoms with Crippen LogP contribution in [-0.2, 0) is 21.4 Å². The molecule has 0 saturated carbocycles. The molecule has 4 rings (SSSR count). The van der Waals surface area contributed by atoms with Gasteiger partial charge in [-0.3, -0.25) is 0 Å². The van der Waals surface area contributed by atoms with Gasteiger partial charge in [0.25, 0.3) is 0 Å². The van der Waals surface area contributed by atoms with Gasteiger partial charge in [0.05, 0.1) is 6.61 Å². The molecular formula is C36H36O2. The van der Waals surface area contributed by atoms with Crippen molar-refractivity contribution < 1.29 is 9.53 Å². The predicted octanol–water partition coefficient (Wildman–Crippen LogP) is 9.29. The van der Waals surface area contributed by atoms with Crippen molar-refractivity contribution >= 4 is 12.0 Å². The van der Waals surface area contributed by atoms with Crippen molar-refractivity contribution in [2.45, 2.75) is 39.0 Å². The fourth-order valence-electron chi connectivity index (χ4n) is 4.53. The first-order chi connectivity index (χ1) is 18.3. The highest BCUT2D eigenvalue weighted by Crippen LogP contribution is 2.37. The van der Waals surface area contributed by atoms with Gasteiger partial charge in [-0.25, -0.2) is 4.79 Å². The van der Waals surface area contributed by atoms with Crippen LogP contribution in [0.5, 0.6) is 0 Å². The molecule has 0 radical (unpaired) electrons. The van der Waals surface area contributed by atoms with Crippen LogP contribution in [0, 0.1) is 0 Å². The van der Waals surface area contributed by atoms with Crippen LogP contribution in [0.2, 0.25) is 0 Å². The first-order valence-electron chi connectivity index (χ1n) is 13.1. The largest absolute Gasteiger partial charge is 0.463 e. The molecule has 0 spiro atoms. The van der Waals surface area contributed by atoms with Gasteiger partial charge in [-0.1, -0.05) is 125 Å². The second kappa shape index (κ2) is 11.9. The summed E-state index contributed by atoms with van der Waals surface area (Å²) >= 11 is 0. The Hall–Kier alpha value is -4.17. The summed E-state index contributed by atoms with van der Waals surface area (Å²) in [5, 5.41) is 0. The molecule has 0 fully saturated rings. The van der Waals surface area contributed by atoms with Gasteiger partial charge in [0.15, 0.2) is 0 Å². The van der Waals surface area contributed by atoms with Gasteiger partial charge in [0, 0.05) is 6.08 Å². The molecule has 4 aromatic carbocycles. The summed E-state index contributed by atoms with van der Waals surface area (Å²) in [6.45, 7) is 14.4. The lowest BCUT2D eigenvalue weighted by Crippen LogP contribution is -2.10. The topological polar surface area (TPSA) is 26.3 Å². The molecule has 0 aromatic heterocycles. The van der Waals surface area contributed by atoms with E-state index in [2.05, 4.69) is 125 Å². The lowest BCUT2D eigenvalue weighted by Gasteiger charge is -2.20. The van der Waals surface area contributed by atoms with E-state index in [1.54, 1.807) is 0 Å². The van der Waals surface area contributed by atoms with Gasteiger partial charge in [0.2, 0.25) is 0 Å². The Morgan fingerprint density at radius 2 is 1.32 bits per heavy atom. The monoisotopic (exact) mass is 500 g/mol. The zero-order valence-corrected chi connectivity index (χ0v) is 22.7. The van der Waals surface area contributed by atoms with Crippen LogP contribution in [0.4, 0.5) is 0 Å². The maximum Gasteiger partial charge on any atom is 0.330 e. The molecule has 4 aromatic rings. The maximum atomic E-state index is 11.3. The lowest BCUT2D eigenvalue weighted by molar-refractivity contribution is -0.137. The molecular weight excluding hydrogens is 464 g/mol. The Morgan fingerprint density at radius 1 is 0.737 bits per heavy atom. The predicted molar refractivity (Wildman–Crippen MR) is 161 cm³/mol. The van der Waals surface area contributed by atoms with E-state index in [0.717, 1.165) is 18.4 Å². The Bertz CT molecular complexity index is 1400. The Kier molecular flexibility index (Phi) is 8.43. The summed E-state index contributed by atoms with van der Waals surface area (Å²) < 4.78 is 5.11. The number of carbonyl (C=O) groups excluding carboxylic acids is 1. The average Bonchev–Trinajstić information content (AvgIpc) is 2.95. The zero-order chi connectivity index (χ0) is 27.1. The van der Waals surface area contributed by atoms with E-state index in [0.29, 0.717) is 6.61 Å². The Labute approximate surface area is 227 Å². The van der Waals surface area contributed by atoms with Crippen molar-refractivity contribution in [1.82, 2.24) is 0 Å². The summed E-state index contributed by atoms with van der Waals surface area (Å²) in [7, 11) is 0. The van der Waals surface area contributed by atoms with Crippen molar-refractivity contribution in [3.05, 3.63) is 127 Å². The first-order valence-corrected chi connectivity index (χ1v) is 13.1. The standard InChI is InChI=1S/C36H36O2/c1-6-26-10-14-28(15-11-26)31-20-23-33(29-18-21-32(22-19-29)36(3,4)5)34(25-31)30-16-12-27(13-17-30)9-8-24-38-35(37)7-2/h6-7,10-23,25H,1-2,8-9,24H2,3-5H3. The fourth-order valence-corrected chi connectivity index (χ4v) is 4.53. The van der Waals surface area contributed by atoms with Crippen LogP contribution in [0.1, 0.15) is 43.9 Å². The third-order valence-electron chi connectivity index (χ3n) is 6.85. The van der Waals surface area contributed by atoms with Gasteiger partial charge in [0.1, 0.15) is 0 Å². The number of rotatable bonds is 9. The molecule has 0 aliphatic heterocycles. The molecule has 0 amide bonds. The minimum Gasteiger partial charge on any atom is -0.463 e. The molecule has 0 heterocycles. The highest BCUT2D eigenvalue weighted by Gasteiger charge is 2.15. The Balaban J connectivity index is 1.67. The van der Waals surface area contributed by atoms with E-state index in [9.17, 15) is 4.79 Å². The molecule has 0 aliphatic carbocycles. The van der Waals surface area contributed by atoms with Crippen molar-refractivity contribution in [2.75, 3.05) is 6.61 Å². The SMILES string of the molecule is C=CC(=O)OCCCc1ccc(-c2cc(-c3ccc(C=C)cc3)ccc2-c2ccc(C(C)(C)C)cc2)cc1. The fraction of sp³-hybridized carbons (Fsp3) is 0.194. The van der Waals surface area contributed by atoms with E-state index >= 15 is 0 Å². The number of hydrogen-bond acceptors (Lipinski definition) is 2. The molecule has 192 valence electrons. The summed E-state index contributed by atoms with van der Waals surface area (Å²) in [4.78, 5) is 11.3. The van der Waals surface area contributed by atoms with Crippen LogP contribution in [0.25, 0.3) is 39.5 Å². The number of aryl methyl sites for hydroxylation is 1. The summed E-state index contributed by atoms with van der Waals surface area (Å²) in [6, 6.07) is 32.9. The second-order valence-corrected chi connectivity index (χ2v) is 10.6. The third-order valence-corrected chi connectivity index (χ3v) is 6.85. The quantitative estimate of drug-likeness (QED) is 0.130. The van der Waals surface area contributed by atoms with Gasteiger partial charge < -0.3 is 4.74 Å². The number of carbonyl (C=O) groups is 1. The van der Waals surface area contributed by atoms with E-state index in [-0.39, 0.29) is 11.4 Å². The Morgan fingerprint density at radius 3 is 1.92 bits per heavy atom. The van der Waals surface area contributed by atoms with Crippen molar-refractivity contribution in [1.29, 1.82) is 0 Å². The highest BCUT2D eigenvalue weighted by molar-refractivity contribution is 5.87. The van der Waals surface area contributed by atoms with Crippen molar-refractivity contribution in [2.24, 2.45) is 0 Å². The van der Waals surface area contributed by atoms with Crippen LogP contribution in [0.15, 0.2) is 110 Å². The van der Waals surface area contributed by atoms with Crippen molar-refractivity contribution in [3.63, 3.8) is 0 Å². The highest BCUT2D eigenvalue weighted by atomic mass is 16.5. The third kappa shape index (κ3) is 6.58. The number of benzene rings is 4. The average molecular weight is 501 g/mol. The molecule has 2 heteroatoms. The maximum absolute atomic E-state index is 11.3. The van der Waals surface area contributed by atoms with Crippen LogP contribution >= 0.6 is 0 Å². The minimum absolute atomic E-state index is 0.114. The number of hydrogen-bond donors (Lipinski definition) is 0. The zero-order valence-electron chi connectivity index (χ0n) is 22.7. The summed E-state index contributed by atoms with van der Waals surface area (Å²) in [5.74, 6) is -0.373. The number of ether oxygens (including phenoxy) is 1. The van der Waals surface area contributed by atoms with Crippen LogP contribution < -0.4 is 0 Å². The van der Waals surface area contributed by atoms with Gasteiger partial charge in [-0.15, -0.1) is 0 Å². The van der Waals surface area contributed by atoms with E-state index in [1.807, 2.05) is 6.08 Å². The van der Waals surface area contributed by atoms with E-state index in [1.165, 1.54) is 50.6 Å². The van der Waals surface area contributed by atoms with Gasteiger partial charge in [-0.05, 0) is 74.4 Å². The van der Waals surface area contributed by atoms with Crippen molar-refractivity contribution in [3.8, 4) is 33.4 Å². The molecule has 0 N–H and O–H groups in total. The van der Waals surface area contributed by atoms with Gasteiger partial charge >= 0.3 is 5.97 Å². The first kappa shape index (κ1) is 26.9. The molecule has 0 aliphatic rings. The van der Waals surface area contributed by atoms with Crippen LogP contribution in [-0.4, -0.2) is 12.6 Å². The molecule has 0 unspecified atom stereocenters. The molecule has 38 heavy (non-hydrogen) atoms. The van der Waals surface area contributed by atoms with E-state index < -0.39 is 0 Å². The number of esters is 1. The molecule has 0 atom stereocenters. The molecule has 2 nitrogen and oxygen atoms in total. The normalized spacial score (nSPS) is 11.1. The summed E-state index contributed by atoms with van der Waals surface area (Å²) in [6.07, 6.45) is 4.69. The smallest absolute Gasteiger partial charge is 0.330 e. The van der Waals surface area contributed by atoms with E-state index in [4.69, 9.17) is 4.74 Å². The second-order valence-electron chi connectivity index (χ2n) is 10.6. The van der Waals surface area contributed by atoms with Gasteiger partial charge in [-0.2, -0.15) is 0 Å². The lowest BCUT2D eigenvalue weighted by atomic mass is 9.85. The minimum atomic E-state index is -0.373.